The molecule has 0 amide bonds. The summed E-state index contributed by atoms with van der Waals surface area (Å²) in [6, 6.07) is 1.76. The molecule has 0 spiro atoms. The second-order valence-corrected chi connectivity index (χ2v) is 7.78. The molecule has 148 valence electrons. The Hall–Kier alpha value is -2.62. The number of fused-ring (bicyclic) bond motifs is 2. The molecule has 0 aromatic carbocycles. The number of halogens is 2. The van der Waals surface area contributed by atoms with Gasteiger partial charge < -0.3 is 20.3 Å². The Balaban J connectivity index is 1.57. The summed E-state index contributed by atoms with van der Waals surface area (Å²) in [4.78, 5) is 21.0. The first-order valence-electron chi connectivity index (χ1n) is 9.38. The van der Waals surface area contributed by atoms with Crippen LogP contribution in [0.25, 0.3) is 11.3 Å². The number of morpholine rings is 1. The Kier molecular flexibility index (Phi) is 3.87. The first-order chi connectivity index (χ1) is 13.4. The topological polar surface area (TPSA) is 93.3 Å². The van der Waals surface area contributed by atoms with E-state index in [1.807, 2.05) is 6.07 Å². The van der Waals surface area contributed by atoms with Crippen molar-refractivity contribution in [2.24, 2.45) is 0 Å². The molecule has 0 radical (unpaired) electrons. The molecule has 3 aliphatic heterocycles. The van der Waals surface area contributed by atoms with E-state index in [1.54, 1.807) is 24.2 Å². The van der Waals surface area contributed by atoms with Crippen molar-refractivity contribution in [2.75, 3.05) is 35.2 Å². The average molecular weight is 389 g/mol. The molecule has 2 aromatic heterocycles. The van der Waals surface area contributed by atoms with Gasteiger partial charge in [0.25, 0.3) is 5.92 Å². The summed E-state index contributed by atoms with van der Waals surface area (Å²) in [6.45, 7) is 2.78. The number of nitrogens with zero attached hydrogens (tertiary/aromatic N) is 6. The van der Waals surface area contributed by atoms with Crippen LogP contribution in [-0.4, -0.2) is 63.7 Å². The monoisotopic (exact) mass is 389 g/mol. The first-order valence-corrected chi connectivity index (χ1v) is 9.38. The molecule has 3 saturated heterocycles. The fraction of sp³-hybridized carbons (Fsp3) is 0.556. The van der Waals surface area contributed by atoms with Crippen LogP contribution in [-0.2, 0) is 4.74 Å². The van der Waals surface area contributed by atoms with E-state index in [4.69, 9.17) is 10.5 Å². The lowest BCUT2D eigenvalue weighted by Crippen LogP contribution is -2.38. The number of hydrogen-bond acceptors (Lipinski definition) is 8. The molecule has 3 atom stereocenters. The van der Waals surface area contributed by atoms with E-state index < -0.39 is 5.92 Å². The van der Waals surface area contributed by atoms with Crippen LogP contribution in [0.15, 0.2) is 18.5 Å². The summed E-state index contributed by atoms with van der Waals surface area (Å²) < 4.78 is 33.6. The van der Waals surface area contributed by atoms with Gasteiger partial charge in [0.05, 0.1) is 31.0 Å². The Labute approximate surface area is 160 Å². The third kappa shape index (κ3) is 3.01. The molecule has 10 heteroatoms. The fourth-order valence-corrected chi connectivity index (χ4v) is 4.28. The number of ether oxygens (including phenoxy) is 1. The average Bonchev–Trinajstić information content (AvgIpc) is 3.36. The van der Waals surface area contributed by atoms with Crippen molar-refractivity contribution in [1.29, 1.82) is 0 Å². The van der Waals surface area contributed by atoms with Gasteiger partial charge in [-0.3, -0.25) is 0 Å². The number of alkyl halides is 2. The summed E-state index contributed by atoms with van der Waals surface area (Å²) >= 11 is 0. The predicted octanol–water partition coefficient (Wildman–Crippen LogP) is 1.73. The van der Waals surface area contributed by atoms with Gasteiger partial charge in [0, 0.05) is 43.0 Å². The minimum absolute atomic E-state index is 0.167. The lowest BCUT2D eigenvalue weighted by Gasteiger charge is -2.29. The van der Waals surface area contributed by atoms with E-state index in [2.05, 4.69) is 24.8 Å². The molecule has 3 fully saturated rings. The summed E-state index contributed by atoms with van der Waals surface area (Å²) in [7, 11) is 0. The van der Waals surface area contributed by atoms with Crippen LogP contribution < -0.4 is 15.5 Å². The van der Waals surface area contributed by atoms with E-state index >= 15 is 0 Å². The number of nitrogens with two attached hydrogens (primary N) is 1. The van der Waals surface area contributed by atoms with Crippen molar-refractivity contribution in [2.45, 2.75) is 43.9 Å². The molecule has 0 saturated carbocycles. The third-order valence-electron chi connectivity index (χ3n) is 5.65. The lowest BCUT2D eigenvalue weighted by molar-refractivity contribution is 0.0229. The molecule has 2 aromatic rings. The van der Waals surface area contributed by atoms with E-state index in [-0.39, 0.29) is 37.1 Å². The number of nitrogen functional groups attached to an aromatic ring is 1. The molecule has 5 heterocycles. The molecular weight excluding hydrogens is 368 g/mol. The molecule has 2 bridgehead atoms. The maximum atomic E-state index is 14.0. The highest BCUT2D eigenvalue weighted by Crippen LogP contribution is 2.37. The van der Waals surface area contributed by atoms with Crippen LogP contribution in [0.3, 0.4) is 0 Å². The zero-order valence-corrected chi connectivity index (χ0v) is 15.4. The van der Waals surface area contributed by atoms with Crippen molar-refractivity contribution in [3.8, 4) is 11.3 Å². The smallest absolute Gasteiger partial charge is 0.267 e. The lowest BCUT2D eigenvalue weighted by atomic mass is 10.2. The zero-order chi connectivity index (χ0) is 19.5. The third-order valence-corrected chi connectivity index (χ3v) is 5.65. The first kappa shape index (κ1) is 17.5. The molecular formula is C18H21F2N7O. The van der Waals surface area contributed by atoms with Gasteiger partial charge >= 0.3 is 0 Å². The van der Waals surface area contributed by atoms with Gasteiger partial charge in [-0.2, -0.15) is 4.98 Å². The SMILES string of the molecule is C[C@@H]1CC(F)(F)CN1c1nc(-c2cnc(N)nc2)cc(N2C[C@@H]3C[C@H]2CO3)n1. The van der Waals surface area contributed by atoms with Gasteiger partial charge in [0.2, 0.25) is 11.9 Å². The van der Waals surface area contributed by atoms with Crippen molar-refractivity contribution in [3.05, 3.63) is 18.5 Å². The Morgan fingerprint density at radius 3 is 2.61 bits per heavy atom. The summed E-state index contributed by atoms with van der Waals surface area (Å²) in [5, 5.41) is 0. The van der Waals surface area contributed by atoms with Gasteiger partial charge in [-0.15, -0.1) is 0 Å². The molecule has 3 aliphatic rings. The van der Waals surface area contributed by atoms with Crippen LogP contribution in [0.5, 0.6) is 0 Å². The predicted molar refractivity (Wildman–Crippen MR) is 99.3 cm³/mol. The van der Waals surface area contributed by atoms with Gasteiger partial charge in [0.1, 0.15) is 5.82 Å². The standard InChI is InChI=1S/C18H21F2N7O/c1-10-4-18(19,20)9-27(10)17-24-14(11-5-22-16(21)23-6-11)3-15(25-17)26-7-13-2-12(26)8-28-13/h3,5-6,10,12-13H,2,4,7-9H2,1H3,(H2,21,22,23)/t10-,12+,13+/m1/s1. The number of aromatic nitrogens is 4. The van der Waals surface area contributed by atoms with E-state index in [0.717, 1.165) is 18.8 Å². The molecule has 0 aliphatic carbocycles. The maximum absolute atomic E-state index is 14.0. The van der Waals surface area contributed by atoms with Crippen molar-refractivity contribution >= 4 is 17.7 Å². The summed E-state index contributed by atoms with van der Waals surface area (Å²) in [6.07, 6.45) is 4.11. The largest absolute Gasteiger partial charge is 0.374 e. The van der Waals surface area contributed by atoms with E-state index in [1.165, 1.54) is 0 Å². The quantitative estimate of drug-likeness (QED) is 0.848. The minimum Gasteiger partial charge on any atom is -0.374 e. The van der Waals surface area contributed by atoms with Crippen molar-refractivity contribution < 1.29 is 13.5 Å². The number of anilines is 3. The Bertz CT molecular complexity index is 894. The van der Waals surface area contributed by atoms with Gasteiger partial charge in [-0.1, -0.05) is 0 Å². The van der Waals surface area contributed by atoms with Gasteiger partial charge in [-0.05, 0) is 13.3 Å². The maximum Gasteiger partial charge on any atom is 0.267 e. The summed E-state index contributed by atoms with van der Waals surface area (Å²) in [5.74, 6) is -1.56. The highest BCUT2D eigenvalue weighted by atomic mass is 19.3. The van der Waals surface area contributed by atoms with Gasteiger partial charge in [-0.25, -0.2) is 23.7 Å². The molecule has 5 rings (SSSR count). The van der Waals surface area contributed by atoms with Crippen molar-refractivity contribution in [1.82, 2.24) is 19.9 Å². The molecule has 2 N–H and O–H groups in total. The molecule has 28 heavy (non-hydrogen) atoms. The second-order valence-electron chi connectivity index (χ2n) is 7.78. The van der Waals surface area contributed by atoms with Crippen LogP contribution in [0.4, 0.5) is 26.5 Å². The number of rotatable bonds is 3. The second kappa shape index (κ2) is 6.20. The highest BCUT2D eigenvalue weighted by Gasteiger charge is 2.45. The Morgan fingerprint density at radius 1 is 1.21 bits per heavy atom. The fourth-order valence-electron chi connectivity index (χ4n) is 4.28. The van der Waals surface area contributed by atoms with E-state index in [9.17, 15) is 8.78 Å². The Morgan fingerprint density at radius 2 is 2.00 bits per heavy atom. The minimum atomic E-state index is -2.75. The van der Waals surface area contributed by atoms with Crippen LogP contribution in [0.2, 0.25) is 0 Å². The van der Waals surface area contributed by atoms with E-state index in [0.29, 0.717) is 23.8 Å². The van der Waals surface area contributed by atoms with Crippen LogP contribution >= 0.6 is 0 Å². The molecule has 0 unspecified atom stereocenters. The summed E-state index contributed by atoms with van der Waals surface area (Å²) in [5.41, 5.74) is 6.84. The molecule has 8 nitrogen and oxygen atoms in total. The van der Waals surface area contributed by atoms with Crippen LogP contribution in [0.1, 0.15) is 19.8 Å². The highest BCUT2D eigenvalue weighted by molar-refractivity contribution is 5.65. The van der Waals surface area contributed by atoms with Gasteiger partial charge in [0.15, 0.2) is 0 Å². The van der Waals surface area contributed by atoms with Crippen molar-refractivity contribution in [3.63, 3.8) is 0 Å². The normalized spacial score (nSPS) is 28.3. The van der Waals surface area contributed by atoms with Crippen LogP contribution in [0, 0.1) is 0 Å². The number of hydrogen-bond donors (Lipinski definition) is 1. The zero-order valence-electron chi connectivity index (χ0n) is 15.4.